The monoisotopic (exact) mass is 778 g/mol. The molecule has 8 amide bonds. The summed E-state index contributed by atoms with van der Waals surface area (Å²) in [6.07, 6.45) is 3.82. The molecule has 7 atom stereocenters. The summed E-state index contributed by atoms with van der Waals surface area (Å²) < 4.78 is 0. The van der Waals surface area contributed by atoms with E-state index in [4.69, 9.17) is 0 Å². The van der Waals surface area contributed by atoms with Crippen LogP contribution < -0.4 is 26.6 Å². The Morgan fingerprint density at radius 1 is 0.607 bits per heavy atom. The second-order valence-corrected chi connectivity index (χ2v) is 15.9. The van der Waals surface area contributed by atoms with E-state index in [2.05, 4.69) is 26.6 Å². The molecular formula is C40H58N8O8. The number of benzene rings is 1. The minimum Gasteiger partial charge on any atom is -0.346 e. The predicted molar refractivity (Wildman–Crippen MR) is 205 cm³/mol. The van der Waals surface area contributed by atoms with Gasteiger partial charge in [-0.1, -0.05) is 64.4 Å². The molecule has 1 aromatic carbocycles. The van der Waals surface area contributed by atoms with Crippen molar-refractivity contribution in [2.24, 2.45) is 11.8 Å². The third kappa shape index (κ3) is 10.2. The topological polar surface area (TPSA) is 206 Å². The van der Waals surface area contributed by atoms with Crippen LogP contribution >= 0.6 is 0 Å². The van der Waals surface area contributed by atoms with Gasteiger partial charge < -0.3 is 41.3 Å². The minimum atomic E-state index is -1.12. The van der Waals surface area contributed by atoms with Gasteiger partial charge >= 0.3 is 0 Å². The van der Waals surface area contributed by atoms with Gasteiger partial charge in [0.2, 0.25) is 47.3 Å². The van der Waals surface area contributed by atoms with Gasteiger partial charge in [0.05, 0.1) is 13.1 Å². The number of nitrogens with zero attached hydrogens (tertiary/aromatic N) is 3. The molecule has 56 heavy (non-hydrogen) atoms. The van der Waals surface area contributed by atoms with Gasteiger partial charge in [-0.15, -0.1) is 0 Å². The number of fused-ring (bicyclic) bond motifs is 3. The van der Waals surface area contributed by atoms with Gasteiger partial charge in [0.1, 0.15) is 36.3 Å². The lowest BCUT2D eigenvalue weighted by atomic mass is 9.96. The van der Waals surface area contributed by atoms with Crippen molar-refractivity contribution in [3.05, 3.63) is 35.9 Å². The minimum absolute atomic E-state index is 0.00799. The standard InChI is InChI=1S/C40H58N8O8/c1-5-25(4)34-37(53)44-27(21-26-12-7-6-8-13-26)35(51)42-22-32(49)41-23-33(50)43-28(20-24(2)3)38(54)47-18-10-15-30(47)40(56)48-19-11-16-31(48)39(55)46-17-9-14-29(46)36(52)45-34/h6-8,12-13,24-25,27-31,34H,5,9-11,14-23H2,1-4H3,(H,41,49)(H,42,51)(H,43,50)(H,44,53)(H,45,52)/t25-,27-,28-,29?,30-,31-,34-/m0/s1. The zero-order chi connectivity index (χ0) is 40.5. The van der Waals surface area contributed by atoms with Crippen LogP contribution in [0.15, 0.2) is 30.3 Å². The number of carbonyl (C=O) groups excluding carboxylic acids is 8. The van der Waals surface area contributed by atoms with Crippen LogP contribution in [0, 0.1) is 11.8 Å². The maximum absolute atomic E-state index is 14.3. The second kappa shape index (κ2) is 19.2. The van der Waals surface area contributed by atoms with E-state index in [0.29, 0.717) is 71.0 Å². The molecule has 4 aliphatic heterocycles. The van der Waals surface area contributed by atoms with Crippen LogP contribution in [0.1, 0.15) is 84.6 Å². The van der Waals surface area contributed by atoms with Gasteiger partial charge in [0.25, 0.3) is 0 Å². The Kier molecular flexibility index (Phi) is 14.5. The molecule has 1 aromatic rings. The zero-order valence-electron chi connectivity index (χ0n) is 33.0. The molecular weight excluding hydrogens is 720 g/mol. The van der Waals surface area contributed by atoms with Crippen LogP contribution in [0.4, 0.5) is 0 Å². The largest absolute Gasteiger partial charge is 0.346 e. The first kappa shape index (κ1) is 42.1. The highest BCUT2D eigenvalue weighted by molar-refractivity contribution is 5.98. The molecule has 4 aliphatic rings. The summed E-state index contributed by atoms with van der Waals surface area (Å²) in [5, 5.41) is 13.5. The molecule has 16 nitrogen and oxygen atoms in total. The van der Waals surface area contributed by atoms with Crippen molar-refractivity contribution in [1.29, 1.82) is 0 Å². The molecule has 4 saturated heterocycles. The van der Waals surface area contributed by atoms with Crippen LogP contribution in [0.25, 0.3) is 0 Å². The average Bonchev–Trinajstić information content (AvgIpc) is 3.98. The fourth-order valence-corrected chi connectivity index (χ4v) is 8.20. The molecule has 5 rings (SSSR count). The molecule has 0 saturated carbocycles. The molecule has 5 N–H and O–H groups in total. The maximum atomic E-state index is 14.3. The number of nitrogens with one attached hydrogen (secondary N) is 5. The number of amides is 8. The van der Waals surface area contributed by atoms with E-state index < -0.39 is 84.8 Å². The van der Waals surface area contributed by atoms with Crippen molar-refractivity contribution in [3.63, 3.8) is 0 Å². The summed E-state index contributed by atoms with van der Waals surface area (Å²) >= 11 is 0. The smallest absolute Gasteiger partial charge is 0.246 e. The van der Waals surface area contributed by atoms with Crippen LogP contribution in [-0.4, -0.2) is 131 Å². The summed E-state index contributed by atoms with van der Waals surface area (Å²) in [5.41, 5.74) is 0.747. The van der Waals surface area contributed by atoms with Crippen molar-refractivity contribution < 1.29 is 38.4 Å². The van der Waals surface area contributed by atoms with Crippen molar-refractivity contribution >= 4 is 47.3 Å². The van der Waals surface area contributed by atoms with Crippen LogP contribution in [0.2, 0.25) is 0 Å². The summed E-state index contributed by atoms with van der Waals surface area (Å²) in [4.78, 5) is 115. The summed E-state index contributed by atoms with van der Waals surface area (Å²) in [6.45, 7) is 7.51. The zero-order valence-corrected chi connectivity index (χ0v) is 33.0. The second-order valence-electron chi connectivity index (χ2n) is 15.9. The van der Waals surface area contributed by atoms with Crippen molar-refractivity contribution in [2.75, 3.05) is 32.7 Å². The van der Waals surface area contributed by atoms with Gasteiger partial charge in [0.15, 0.2) is 0 Å². The SMILES string of the molecule is CC[C@H](C)[C@@H]1NC(=O)C2CCCN2C(=O)[C@@H]2CCCN2C(=O)[C@@H]2CCCN2C(=O)[C@H](CC(C)C)NC(=O)CNC(=O)CNC(=O)[C@H](Cc2ccccc2)NC1=O. The molecule has 1 unspecified atom stereocenters. The predicted octanol–water partition coefficient (Wildman–Crippen LogP) is -0.00530. The Labute approximate surface area is 328 Å². The van der Waals surface area contributed by atoms with E-state index in [1.807, 2.05) is 33.8 Å². The summed E-state index contributed by atoms with van der Waals surface area (Å²) in [7, 11) is 0. The van der Waals surface area contributed by atoms with Crippen LogP contribution in [0.5, 0.6) is 0 Å². The highest BCUT2D eigenvalue weighted by Gasteiger charge is 2.47. The lowest BCUT2D eigenvalue weighted by Gasteiger charge is -2.35. The van der Waals surface area contributed by atoms with E-state index >= 15 is 0 Å². The highest BCUT2D eigenvalue weighted by atomic mass is 16.2. The fraction of sp³-hybridized carbons (Fsp3) is 0.650. The molecule has 4 heterocycles. The number of hydrogen-bond acceptors (Lipinski definition) is 8. The van der Waals surface area contributed by atoms with E-state index in [-0.39, 0.29) is 30.1 Å². The third-order valence-electron chi connectivity index (χ3n) is 11.4. The first-order chi connectivity index (χ1) is 26.8. The van der Waals surface area contributed by atoms with Gasteiger partial charge in [-0.25, -0.2) is 0 Å². The fourth-order valence-electron chi connectivity index (χ4n) is 8.20. The number of carbonyl (C=O) groups is 8. The molecule has 0 bridgehead atoms. The molecule has 306 valence electrons. The van der Waals surface area contributed by atoms with Crippen molar-refractivity contribution in [2.45, 2.75) is 122 Å². The Bertz CT molecular complexity index is 1640. The average molecular weight is 779 g/mol. The molecule has 0 radical (unpaired) electrons. The molecule has 0 spiro atoms. The Balaban J connectivity index is 1.45. The molecule has 0 aromatic heterocycles. The summed E-state index contributed by atoms with van der Waals surface area (Å²) in [5.74, 6) is -4.41. The Morgan fingerprint density at radius 2 is 1.16 bits per heavy atom. The normalized spacial score (nSPS) is 28.4. The quantitative estimate of drug-likeness (QED) is 0.265. The first-order valence-electron chi connectivity index (χ1n) is 20.2. The van der Waals surface area contributed by atoms with Crippen LogP contribution in [-0.2, 0) is 44.8 Å². The van der Waals surface area contributed by atoms with E-state index in [0.717, 1.165) is 5.56 Å². The summed E-state index contributed by atoms with van der Waals surface area (Å²) in [6, 6.07) is 3.42. The molecule has 0 aliphatic carbocycles. The van der Waals surface area contributed by atoms with E-state index in [1.165, 1.54) is 9.80 Å². The van der Waals surface area contributed by atoms with Crippen molar-refractivity contribution in [1.82, 2.24) is 41.3 Å². The number of rotatable bonds is 6. The maximum Gasteiger partial charge on any atom is 0.246 e. The Morgan fingerprint density at radius 3 is 1.75 bits per heavy atom. The van der Waals surface area contributed by atoms with Gasteiger partial charge in [-0.2, -0.15) is 0 Å². The van der Waals surface area contributed by atoms with E-state index in [1.54, 1.807) is 29.2 Å². The highest BCUT2D eigenvalue weighted by Crippen LogP contribution is 2.29. The third-order valence-corrected chi connectivity index (χ3v) is 11.4. The van der Waals surface area contributed by atoms with Gasteiger partial charge in [-0.05, 0) is 62.3 Å². The first-order valence-corrected chi connectivity index (χ1v) is 20.2. The lowest BCUT2D eigenvalue weighted by Crippen LogP contribution is -2.60. The van der Waals surface area contributed by atoms with Gasteiger partial charge in [-0.3, -0.25) is 38.4 Å². The lowest BCUT2D eigenvalue weighted by molar-refractivity contribution is -0.151. The number of hydrogen-bond donors (Lipinski definition) is 5. The molecule has 16 heteroatoms. The molecule has 4 fully saturated rings. The van der Waals surface area contributed by atoms with Crippen LogP contribution in [0.3, 0.4) is 0 Å². The van der Waals surface area contributed by atoms with Crippen molar-refractivity contribution in [3.8, 4) is 0 Å². The Hall–Kier alpha value is -5.02. The van der Waals surface area contributed by atoms with E-state index in [9.17, 15) is 38.4 Å². The van der Waals surface area contributed by atoms with Gasteiger partial charge in [0, 0.05) is 26.1 Å².